The lowest BCUT2D eigenvalue weighted by molar-refractivity contribution is 0.0867. The SMILES string of the molecule is COc1cc(C(=O)NC2CCC(O)CC2)cc(Cl)c1OC(C)C. The predicted molar refractivity (Wildman–Crippen MR) is 89.5 cm³/mol. The molecule has 0 saturated heterocycles. The van der Waals surface area contributed by atoms with Gasteiger partial charge in [0.05, 0.1) is 24.3 Å². The fraction of sp³-hybridized carbons (Fsp3) is 0.588. The summed E-state index contributed by atoms with van der Waals surface area (Å²) in [6, 6.07) is 3.31. The van der Waals surface area contributed by atoms with Crippen LogP contribution in [0.15, 0.2) is 12.1 Å². The Bertz CT molecular complexity index is 554. The molecule has 1 aromatic rings. The van der Waals surface area contributed by atoms with Crippen LogP contribution in [0.4, 0.5) is 0 Å². The van der Waals surface area contributed by atoms with Gasteiger partial charge < -0.3 is 19.9 Å². The van der Waals surface area contributed by atoms with Gasteiger partial charge in [-0.3, -0.25) is 4.79 Å². The van der Waals surface area contributed by atoms with Crippen LogP contribution in [0.1, 0.15) is 49.9 Å². The van der Waals surface area contributed by atoms with E-state index in [0.29, 0.717) is 22.1 Å². The van der Waals surface area contributed by atoms with Gasteiger partial charge in [-0.2, -0.15) is 0 Å². The molecule has 1 amide bonds. The number of ether oxygens (including phenoxy) is 2. The Balaban J connectivity index is 2.12. The monoisotopic (exact) mass is 341 g/mol. The Labute approximate surface area is 141 Å². The molecule has 2 N–H and O–H groups in total. The highest BCUT2D eigenvalue weighted by atomic mass is 35.5. The van der Waals surface area contributed by atoms with Gasteiger partial charge in [-0.15, -0.1) is 0 Å². The highest BCUT2D eigenvalue weighted by Gasteiger charge is 2.23. The van der Waals surface area contributed by atoms with Crippen LogP contribution in [0.25, 0.3) is 0 Å². The molecule has 5 nitrogen and oxygen atoms in total. The van der Waals surface area contributed by atoms with Gasteiger partial charge in [0.1, 0.15) is 0 Å². The summed E-state index contributed by atoms with van der Waals surface area (Å²) in [4.78, 5) is 12.4. The molecule has 6 heteroatoms. The summed E-state index contributed by atoms with van der Waals surface area (Å²) in [6.07, 6.45) is 2.71. The van der Waals surface area contributed by atoms with Crippen molar-refractivity contribution in [2.45, 2.75) is 57.8 Å². The van der Waals surface area contributed by atoms with E-state index in [1.54, 1.807) is 12.1 Å². The smallest absolute Gasteiger partial charge is 0.251 e. The summed E-state index contributed by atoms with van der Waals surface area (Å²) in [7, 11) is 1.52. The van der Waals surface area contributed by atoms with Crippen LogP contribution in [-0.2, 0) is 0 Å². The second kappa shape index (κ2) is 7.88. The molecule has 0 aliphatic heterocycles. The number of rotatable bonds is 5. The van der Waals surface area contributed by atoms with Crippen LogP contribution in [0.2, 0.25) is 5.02 Å². The normalized spacial score (nSPS) is 21.1. The minimum atomic E-state index is -0.245. The molecule has 0 radical (unpaired) electrons. The van der Waals surface area contributed by atoms with E-state index < -0.39 is 0 Å². The molecular weight excluding hydrogens is 318 g/mol. The van der Waals surface area contributed by atoms with Crippen molar-refractivity contribution in [3.8, 4) is 11.5 Å². The predicted octanol–water partition coefficient (Wildman–Crippen LogP) is 3.17. The zero-order valence-corrected chi connectivity index (χ0v) is 14.5. The number of amides is 1. The van der Waals surface area contributed by atoms with E-state index in [2.05, 4.69) is 5.32 Å². The summed E-state index contributed by atoms with van der Waals surface area (Å²) < 4.78 is 10.9. The van der Waals surface area contributed by atoms with Crippen LogP contribution in [0.3, 0.4) is 0 Å². The van der Waals surface area contributed by atoms with Gasteiger partial charge in [0.2, 0.25) is 0 Å². The van der Waals surface area contributed by atoms with Crippen molar-refractivity contribution < 1.29 is 19.4 Å². The van der Waals surface area contributed by atoms with Gasteiger partial charge in [-0.1, -0.05) is 11.6 Å². The molecular formula is C17H24ClNO4. The van der Waals surface area contributed by atoms with Crippen molar-refractivity contribution in [1.82, 2.24) is 5.32 Å². The van der Waals surface area contributed by atoms with E-state index >= 15 is 0 Å². The molecule has 0 spiro atoms. The quantitative estimate of drug-likeness (QED) is 0.863. The standard InChI is InChI=1S/C17H24ClNO4/c1-10(2)23-16-14(18)8-11(9-15(16)22-3)17(21)19-12-4-6-13(20)7-5-12/h8-10,12-13,20H,4-7H2,1-3H3,(H,19,21). The van der Waals surface area contributed by atoms with Gasteiger partial charge in [0, 0.05) is 11.6 Å². The molecule has 1 saturated carbocycles. The minimum Gasteiger partial charge on any atom is -0.493 e. The fourth-order valence-electron chi connectivity index (χ4n) is 2.69. The summed E-state index contributed by atoms with van der Waals surface area (Å²) in [5.74, 6) is 0.694. The number of carbonyl (C=O) groups excluding carboxylic acids is 1. The number of methoxy groups -OCH3 is 1. The number of aliphatic hydroxyl groups excluding tert-OH is 1. The molecule has 0 heterocycles. The third-order valence-electron chi connectivity index (χ3n) is 3.88. The van der Waals surface area contributed by atoms with E-state index in [1.165, 1.54) is 7.11 Å². The number of hydrogen-bond donors (Lipinski definition) is 2. The third kappa shape index (κ3) is 4.75. The minimum absolute atomic E-state index is 0.0465. The molecule has 2 rings (SSSR count). The van der Waals surface area contributed by atoms with Crippen LogP contribution in [0.5, 0.6) is 11.5 Å². The maximum atomic E-state index is 12.4. The highest BCUT2D eigenvalue weighted by Crippen LogP contribution is 2.37. The van der Waals surface area contributed by atoms with Crippen molar-refractivity contribution >= 4 is 17.5 Å². The number of aliphatic hydroxyl groups is 1. The summed E-state index contributed by atoms with van der Waals surface area (Å²) in [5.41, 5.74) is 0.439. The van der Waals surface area contributed by atoms with Gasteiger partial charge in [0.15, 0.2) is 11.5 Å². The lowest BCUT2D eigenvalue weighted by atomic mass is 9.93. The molecule has 128 valence electrons. The molecule has 0 bridgehead atoms. The second-order valence-electron chi connectivity index (χ2n) is 6.13. The number of halogens is 1. The first-order valence-electron chi connectivity index (χ1n) is 7.93. The van der Waals surface area contributed by atoms with Crippen molar-refractivity contribution in [3.05, 3.63) is 22.7 Å². The van der Waals surface area contributed by atoms with Crippen LogP contribution in [0, 0.1) is 0 Å². The number of benzene rings is 1. The highest BCUT2D eigenvalue weighted by molar-refractivity contribution is 6.32. The summed E-state index contributed by atoms with van der Waals surface area (Å²) in [6.45, 7) is 3.79. The summed E-state index contributed by atoms with van der Waals surface area (Å²) >= 11 is 6.25. The van der Waals surface area contributed by atoms with Gasteiger partial charge >= 0.3 is 0 Å². The maximum absolute atomic E-state index is 12.4. The average Bonchev–Trinajstić information content (AvgIpc) is 2.50. The zero-order valence-electron chi connectivity index (χ0n) is 13.8. The molecule has 0 unspecified atom stereocenters. The molecule has 0 aromatic heterocycles. The Morgan fingerprint density at radius 3 is 2.52 bits per heavy atom. The van der Waals surface area contributed by atoms with Crippen LogP contribution in [-0.4, -0.2) is 36.4 Å². The Kier molecular flexibility index (Phi) is 6.13. The second-order valence-corrected chi connectivity index (χ2v) is 6.54. The first-order chi connectivity index (χ1) is 10.9. The van der Waals surface area contributed by atoms with E-state index in [9.17, 15) is 9.90 Å². The first-order valence-corrected chi connectivity index (χ1v) is 8.31. The molecule has 23 heavy (non-hydrogen) atoms. The lowest BCUT2D eigenvalue weighted by Gasteiger charge is -2.26. The van der Waals surface area contributed by atoms with Gasteiger partial charge in [0.25, 0.3) is 5.91 Å². The Morgan fingerprint density at radius 1 is 1.30 bits per heavy atom. The Morgan fingerprint density at radius 2 is 1.96 bits per heavy atom. The van der Waals surface area contributed by atoms with Gasteiger partial charge in [-0.25, -0.2) is 0 Å². The van der Waals surface area contributed by atoms with Crippen LogP contribution < -0.4 is 14.8 Å². The van der Waals surface area contributed by atoms with Crippen molar-refractivity contribution in [3.63, 3.8) is 0 Å². The van der Waals surface area contributed by atoms with Crippen molar-refractivity contribution in [2.75, 3.05) is 7.11 Å². The zero-order chi connectivity index (χ0) is 17.0. The third-order valence-corrected chi connectivity index (χ3v) is 4.16. The fourth-order valence-corrected chi connectivity index (χ4v) is 2.95. The van der Waals surface area contributed by atoms with E-state index in [-0.39, 0.29) is 24.2 Å². The largest absolute Gasteiger partial charge is 0.493 e. The van der Waals surface area contributed by atoms with E-state index in [1.807, 2.05) is 13.8 Å². The lowest BCUT2D eigenvalue weighted by Crippen LogP contribution is -2.38. The maximum Gasteiger partial charge on any atom is 0.251 e. The van der Waals surface area contributed by atoms with Gasteiger partial charge in [-0.05, 0) is 51.7 Å². The molecule has 1 aromatic carbocycles. The molecule has 1 aliphatic rings. The molecule has 1 fully saturated rings. The number of carbonyl (C=O) groups is 1. The summed E-state index contributed by atoms with van der Waals surface area (Å²) in [5, 5.41) is 12.9. The average molecular weight is 342 g/mol. The van der Waals surface area contributed by atoms with Crippen molar-refractivity contribution in [2.24, 2.45) is 0 Å². The van der Waals surface area contributed by atoms with E-state index in [4.69, 9.17) is 21.1 Å². The first kappa shape index (κ1) is 17.9. The number of hydrogen-bond acceptors (Lipinski definition) is 4. The van der Waals surface area contributed by atoms with E-state index in [0.717, 1.165) is 25.7 Å². The van der Waals surface area contributed by atoms with Crippen molar-refractivity contribution in [1.29, 1.82) is 0 Å². The number of nitrogens with one attached hydrogen (secondary N) is 1. The molecule has 0 atom stereocenters. The topological polar surface area (TPSA) is 67.8 Å². The van der Waals surface area contributed by atoms with Crippen LogP contribution >= 0.6 is 11.6 Å². The molecule has 1 aliphatic carbocycles. The Hall–Kier alpha value is -1.46.